The smallest absolute Gasteiger partial charge is 0.410 e. The van der Waals surface area contributed by atoms with E-state index in [2.05, 4.69) is 20.5 Å². The lowest BCUT2D eigenvalue weighted by atomic mass is 10.2. The van der Waals surface area contributed by atoms with E-state index in [0.29, 0.717) is 13.0 Å². The molecule has 23 heavy (non-hydrogen) atoms. The van der Waals surface area contributed by atoms with Crippen LogP contribution in [0, 0.1) is 0 Å². The summed E-state index contributed by atoms with van der Waals surface area (Å²) in [6.45, 7) is 0.689. The van der Waals surface area contributed by atoms with Crippen molar-refractivity contribution in [2.45, 2.75) is 25.5 Å². The minimum absolute atomic E-state index is 0.187. The van der Waals surface area contributed by atoms with Crippen LogP contribution >= 0.6 is 0 Å². The number of rotatable bonds is 4. The highest BCUT2D eigenvalue weighted by atomic mass is 16.6. The molecule has 120 valence electrons. The Morgan fingerprint density at radius 3 is 2.91 bits per heavy atom. The predicted molar refractivity (Wildman–Crippen MR) is 81.4 cm³/mol. The predicted octanol–water partition coefficient (Wildman–Crippen LogP) is 1.54. The number of benzene rings is 1. The van der Waals surface area contributed by atoms with Gasteiger partial charge in [-0.15, -0.1) is 0 Å². The van der Waals surface area contributed by atoms with Crippen LogP contribution in [-0.2, 0) is 16.1 Å². The number of carbonyl (C=O) groups is 2. The average molecular weight is 315 g/mol. The van der Waals surface area contributed by atoms with Crippen LogP contribution in [0.5, 0.6) is 0 Å². The second-order valence-corrected chi connectivity index (χ2v) is 5.21. The van der Waals surface area contributed by atoms with Crippen molar-refractivity contribution in [2.24, 2.45) is 0 Å². The molecule has 0 spiro atoms. The van der Waals surface area contributed by atoms with Gasteiger partial charge in [-0.1, -0.05) is 30.3 Å². The van der Waals surface area contributed by atoms with Crippen molar-refractivity contribution in [3.63, 3.8) is 0 Å². The van der Waals surface area contributed by atoms with Crippen LogP contribution in [0.1, 0.15) is 18.4 Å². The van der Waals surface area contributed by atoms with E-state index in [1.165, 1.54) is 11.2 Å². The van der Waals surface area contributed by atoms with Gasteiger partial charge in [0.15, 0.2) is 0 Å². The molecule has 0 bridgehead atoms. The fourth-order valence-electron chi connectivity index (χ4n) is 2.53. The van der Waals surface area contributed by atoms with E-state index in [1.807, 2.05) is 30.3 Å². The van der Waals surface area contributed by atoms with Gasteiger partial charge >= 0.3 is 6.09 Å². The number of nitrogens with one attached hydrogen (secondary N) is 2. The van der Waals surface area contributed by atoms with Crippen molar-refractivity contribution in [2.75, 3.05) is 11.9 Å². The first-order chi connectivity index (χ1) is 11.2. The van der Waals surface area contributed by atoms with Gasteiger partial charge < -0.3 is 4.74 Å². The Bertz CT molecular complexity index is 659. The molecule has 1 aliphatic heterocycles. The van der Waals surface area contributed by atoms with E-state index in [-0.39, 0.29) is 18.5 Å². The lowest BCUT2D eigenvalue weighted by Crippen LogP contribution is -2.43. The number of aromatic nitrogens is 3. The molecule has 0 unspecified atom stereocenters. The molecule has 8 nitrogen and oxygen atoms in total. The number of amides is 2. The van der Waals surface area contributed by atoms with Gasteiger partial charge in [0.1, 0.15) is 19.0 Å². The van der Waals surface area contributed by atoms with Crippen molar-refractivity contribution in [3.05, 3.63) is 42.2 Å². The van der Waals surface area contributed by atoms with Crippen molar-refractivity contribution < 1.29 is 14.3 Å². The fraction of sp³-hybridized carbons (Fsp3) is 0.333. The lowest BCUT2D eigenvalue weighted by molar-refractivity contribution is -0.120. The van der Waals surface area contributed by atoms with Crippen LogP contribution in [0.15, 0.2) is 36.7 Å². The molecule has 3 rings (SSSR count). The minimum atomic E-state index is -0.552. The first kappa shape index (κ1) is 15.0. The maximum Gasteiger partial charge on any atom is 0.410 e. The number of anilines is 1. The van der Waals surface area contributed by atoms with Crippen molar-refractivity contribution >= 4 is 17.9 Å². The van der Waals surface area contributed by atoms with Gasteiger partial charge in [-0.25, -0.2) is 9.89 Å². The Kier molecular flexibility index (Phi) is 4.51. The third-order valence-electron chi connectivity index (χ3n) is 3.65. The van der Waals surface area contributed by atoms with Crippen LogP contribution in [0.3, 0.4) is 0 Å². The quantitative estimate of drug-likeness (QED) is 0.891. The molecule has 1 saturated heterocycles. The first-order valence-corrected chi connectivity index (χ1v) is 7.37. The summed E-state index contributed by atoms with van der Waals surface area (Å²) < 4.78 is 5.30. The fourth-order valence-corrected chi connectivity index (χ4v) is 2.53. The standard InChI is InChI=1S/C15H17N5O3/c21-13(18-14-16-10-17-19-14)12-7-4-8-20(12)15(22)23-9-11-5-2-1-3-6-11/h1-3,5-6,10,12H,4,7-9H2,(H2,16,17,18,19,21)/t12-/m0/s1. The zero-order valence-corrected chi connectivity index (χ0v) is 12.4. The van der Waals surface area contributed by atoms with Crippen LogP contribution in [0.4, 0.5) is 10.7 Å². The van der Waals surface area contributed by atoms with Gasteiger partial charge in [0.2, 0.25) is 11.9 Å². The molecule has 1 fully saturated rings. The maximum absolute atomic E-state index is 12.3. The molecule has 2 N–H and O–H groups in total. The number of ether oxygens (including phenoxy) is 1. The molecule has 1 atom stereocenters. The van der Waals surface area contributed by atoms with Crippen LogP contribution < -0.4 is 5.32 Å². The summed E-state index contributed by atoms with van der Waals surface area (Å²) in [6, 6.07) is 8.87. The number of hydrogen-bond donors (Lipinski definition) is 2. The largest absolute Gasteiger partial charge is 0.445 e. The molecule has 2 aromatic rings. The third-order valence-corrected chi connectivity index (χ3v) is 3.65. The van der Waals surface area contributed by atoms with Gasteiger partial charge in [0.25, 0.3) is 0 Å². The molecule has 0 radical (unpaired) electrons. The SMILES string of the molecule is O=C(Nc1ncn[nH]1)[C@@H]1CCCN1C(=O)OCc1ccccc1. The van der Waals surface area contributed by atoms with Gasteiger partial charge in [-0.3, -0.25) is 15.0 Å². The lowest BCUT2D eigenvalue weighted by Gasteiger charge is -2.22. The number of hydrogen-bond acceptors (Lipinski definition) is 5. The molecule has 2 heterocycles. The molecule has 0 aliphatic carbocycles. The summed E-state index contributed by atoms with van der Waals surface area (Å²) in [5.74, 6) is -0.0320. The van der Waals surface area contributed by atoms with E-state index in [0.717, 1.165) is 12.0 Å². The van der Waals surface area contributed by atoms with Gasteiger partial charge in [-0.2, -0.15) is 10.1 Å². The summed E-state index contributed by atoms with van der Waals surface area (Å²) in [6.07, 6.45) is 2.18. The summed E-state index contributed by atoms with van der Waals surface area (Å²) in [5, 5.41) is 8.82. The molecule has 8 heteroatoms. The number of carbonyl (C=O) groups excluding carboxylic acids is 2. The number of H-pyrrole nitrogens is 1. The summed E-state index contributed by atoms with van der Waals surface area (Å²) in [4.78, 5) is 29.8. The van der Waals surface area contributed by atoms with Crippen LogP contribution in [-0.4, -0.2) is 44.7 Å². The minimum Gasteiger partial charge on any atom is -0.445 e. The Balaban J connectivity index is 1.57. The van der Waals surface area contributed by atoms with Gasteiger partial charge in [0, 0.05) is 6.54 Å². The molecular weight excluding hydrogens is 298 g/mol. The number of likely N-dealkylation sites (tertiary alicyclic amines) is 1. The molecule has 0 saturated carbocycles. The Morgan fingerprint density at radius 1 is 1.35 bits per heavy atom. The highest BCUT2D eigenvalue weighted by Crippen LogP contribution is 2.20. The van der Waals surface area contributed by atoms with Crippen LogP contribution in [0.25, 0.3) is 0 Å². The first-order valence-electron chi connectivity index (χ1n) is 7.37. The molecule has 1 aromatic heterocycles. The van der Waals surface area contributed by atoms with Crippen LogP contribution in [0.2, 0.25) is 0 Å². The summed E-state index contributed by atoms with van der Waals surface area (Å²) in [7, 11) is 0. The van der Waals surface area contributed by atoms with Crippen molar-refractivity contribution in [3.8, 4) is 0 Å². The highest BCUT2D eigenvalue weighted by Gasteiger charge is 2.35. The zero-order chi connectivity index (χ0) is 16.1. The third kappa shape index (κ3) is 3.65. The average Bonchev–Trinajstić information content (AvgIpc) is 3.24. The van der Waals surface area contributed by atoms with E-state index in [4.69, 9.17) is 4.74 Å². The maximum atomic E-state index is 12.3. The zero-order valence-electron chi connectivity index (χ0n) is 12.4. The molecule has 1 aromatic carbocycles. The second-order valence-electron chi connectivity index (χ2n) is 5.21. The summed E-state index contributed by atoms with van der Waals surface area (Å²) >= 11 is 0. The monoisotopic (exact) mass is 315 g/mol. The molecular formula is C15H17N5O3. The van der Waals surface area contributed by atoms with E-state index < -0.39 is 12.1 Å². The van der Waals surface area contributed by atoms with E-state index >= 15 is 0 Å². The van der Waals surface area contributed by atoms with Crippen molar-refractivity contribution in [1.29, 1.82) is 0 Å². The number of nitrogens with zero attached hydrogens (tertiary/aromatic N) is 3. The Labute approximate surface area is 132 Å². The highest BCUT2D eigenvalue weighted by molar-refractivity contribution is 5.95. The topological polar surface area (TPSA) is 100 Å². The van der Waals surface area contributed by atoms with Gasteiger partial charge in [0.05, 0.1) is 0 Å². The van der Waals surface area contributed by atoms with E-state index in [1.54, 1.807) is 0 Å². The van der Waals surface area contributed by atoms with Crippen molar-refractivity contribution in [1.82, 2.24) is 20.1 Å². The Hall–Kier alpha value is -2.90. The van der Waals surface area contributed by atoms with Gasteiger partial charge in [-0.05, 0) is 18.4 Å². The molecule has 1 aliphatic rings. The number of aromatic amines is 1. The summed E-state index contributed by atoms with van der Waals surface area (Å²) in [5.41, 5.74) is 0.905. The van der Waals surface area contributed by atoms with E-state index in [9.17, 15) is 9.59 Å². The normalized spacial score (nSPS) is 17.0. The Morgan fingerprint density at radius 2 is 2.17 bits per heavy atom. The second kappa shape index (κ2) is 6.91. The molecule has 2 amide bonds.